The van der Waals surface area contributed by atoms with Gasteiger partial charge in [0.25, 0.3) is 5.56 Å². The van der Waals surface area contributed by atoms with Gasteiger partial charge in [0.15, 0.2) is 5.78 Å². The Balaban J connectivity index is 2.41. The number of hydrogen-bond acceptors (Lipinski definition) is 5. The van der Waals surface area contributed by atoms with E-state index in [1.165, 1.54) is 14.1 Å². The fourth-order valence-corrected chi connectivity index (χ4v) is 3.49. The first-order chi connectivity index (χ1) is 10.6. The molecule has 1 fully saturated rings. The van der Waals surface area contributed by atoms with Gasteiger partial charge in [-0.15, -0.1) is 0 Å². The zero-order valence-electron chi connectivity index (χ0n) is 14.5. The molecule has 2 heterocycles. The molecule has 0 unspecified atom stereocenters. The van der Waals surface area contributed by atoms with Gasteiger partial charge in [0.05, 0.1) is 6.04 Å². The maximum atomic E-state index is 12.9. The molecular formula is C16H26N4O3. The van der Waals surface area contributed by atoms with Crippen LogP contribution in [0, 0.1) is 11.8 Å². The summed E-state index contributed by atoms with van der Waals surface area (Å²) in [4.78, 5) is 39.2. The maximum Gasteiger partial charge on any atom is 0.332 e. The van der Waals surface area contributed by atoms with Crippen LogP contribution in [-0.4, -0.2) is 38.9 Å². The van der Waals surface area contributed by atoms with Crippen molar-refractivity contribution in [3.8, 4) is 0 Å². The molecule has 0 bridgehead atoms. The maximum absolute atomic E-state index is 12.9. The monoisotopic (exact) mass is 322 g/mol. The summed E-state index contributed by atoms with van der Waals surface area (Å²) in [6.07, 6.45) is 1.14. The van der Waals surface area contributed by atoms with Crippen LogP contribution in [0.1, 0.15) is 37.6 Å². The van der Waals surface area contributed by atoms with Gasteiger partial charge in [-0.05, 0) is 25.2 Å². The first kappa shape index (κ1) is 17.5. The molecule has 1 aromatic heterocycles. The van der Waals surface area contributed by atoms with Gasteiger partial charge in [0, 0.05) is 27.2 Å². The van der Waals surface area contributed by atoms with Crippen molar-refractivity contribution in [2.45, 2.75) is 33.2 Å². The zero-order chi connectivity index (χ0) is 17.5. The van der Waals surface area contributed by atoms with Crippen molar-refractivity contribution in [2.75, 3.05) is 18.8 Å². The number of nitrogens with zero attached hydrogens (tertiary/aromatic N) is 3. The van der Waals surface area contributed by atoms with Crippen LogP contribution >= 0.6 is 0 Å². The number of anilines is 1. The third-order valence-corrected chi connectivity index (χ3v) is 4.78. The minimum Gasteiger partial charge on any atom is -0.384 e. The minimum atomic E-state index is -0.624. The molecule has 23 heavy (non-hydrogen) atoms. The molecule has 0 amide bonds. The van der Waals surface area contributed by atoms with E-state index in [0.29, 0.717) is 11.8 Å². The molecule has 0 spiro atoms. The van der Waals surface area contributed by atoms with Gasteiger partial charge in [-0.2, -0.15) is 0 Å². The number of piperidine rings is 1. The molecule has 7 nitrogen and oxygen atoms in total. The molecule has 7 heteroatoms. The summed E-state index contributed by atoms with van der Waals surface area (Å²) in [5.74, 6) is 0.636. The topological polar surface area (TPSA) is 90.3 Å². The molecule has 2 rings (SSSR count). The lowest BCUT2D eigenvalue weighted by molar-refractivity contribution is 0.0685. The number of rotatable bonds is 3. The highest BCUT2D eigenvalue weighted by Crippen LogP contribution is 2.24. The molecule has 128 valence electrons. The van der Waals surface area contributed by atoms with Crippen molar-refractivity contribution in [1.29, 1.82) is 0 Å². The summed E-state index contributed by atoms with van der Waals surface area (Å²) in [7, 11) is 2.82. The molecule has 1 aliphatic rings. The number of aromatic nitrogens is 2. The first-order valence-electron chi connectivity index (χ1n) is 7.98. The Bertz CT molecular complexity index is 724. The van der Waals surface area contributed by atoms with Crippen molar-refractivity contribution in [2.24, 2.45) is 25.9 Å². The molecule has 2 N–H and O–H groups in total. The molecule has 0 radical (unpaired) electrons. The fraction of sp³-hybridized carbons (Fsp3) is 0.688. The number of nitrogen functional groups attached to an aromatic ring is 1. The number of likely N-dealkylation sites (tertiary alicyclic amines) is 1. The standard InChI is InChI=1S/C16H26N4O3/c1-9-6-10(2)8-20(7-9)11(3)13(21)12-14(17)18(4)16(23)19(5)15(12)22/h9-11H,6-8,17H2,1-5H3/t9-,10+,11-/m1/s1. The number of Topliss-reactive ketones (excluding diaryl/α,β-unsaturated/α-hetero) is 1. The predicted molar refractivity (Wildman–Crippen MR) is 89.6 cm³/mol. The molecule has 1 aliphatic heterocycles. The van der Waals surface area contributed by atoms with Crippen LogP contribution < -0.4 is 17.0 Å². The first-order valence-corrected chi connectivity index (χ1v) is 7.98. The number of ketones is 1. The number of carbonyl (C=O) groups excluding carboxylic acids is 1. The van der Waals surface area contributed by atoms with Gasteiger partial charge >= 0.3 is 5.69 Å². The summed E-state index contributed by atoms with van der Waals surface area (Å²) in [6.45, 7) is 7.78. The van der Waals surface area contributed by atoms with E-state index in [2.05, 4.69) is 18.7 Å². The van der Waals surface area contributed by atoms with E-state index in [1.54, 1.807) is 6.92 Å². The zero-order valence-corrected chi connectivity index (χ0v) is 14.5. The van der Waals surface area contributed by atoms with Crippen LogP contribution in [0.3, 0.4) is 0 Å². The van der Waals surface area contributed by atoms with E-state index >= 15 is 0 Å². The van der Waals surface area contributed by atoms with Gasteiger partial charge in [-0.25, -0.2) is 4.79 Å². The van der Waals surface area contributed by atoms with E-state index in [-0.39, 0.29) is 17.2 Å². The lowest BCUT2D eigenvalue weighted by atomic mass is 9.90. The summed E-state index contributed by atoms with van der Waals surface area (Å²) >= 11 is 0. The second-order valence-corrected chi connectivity index (χ2v) is 6.91. The predicted octanol–water partition coefficient (Wildman–Crippen LogP) is 0.215. The van der Waals surface area contributed by atoms with Crippen LogP contribution in [0.2, 0.25) is 0 Å². The highest BCUT2D eigenvalue weighted by atomic mass is 16.2. The summed E-state index contributed by atoms with van der Waals surface area (Å²) in [5.41, 5.74) is 4.64. The Morgan fingerprint density at radius 2 is 1.65 bits per heavy atom. The highest BCUT2D eigenvalue weighted by molar-refractivity contribution is 6.03. The number of nitrogens with two attached hydrogens (primary N) is 1. The molecule has 3 atom stereocenters. The summed E-state index contributed by atoms with van der Waals surface area (Å²) in [5, 5.41) is 0. The van der Waals surface area contributed by atoms with Gasteiger partial charge in [-0.1, -0.05) is 13.8 Å². The quantitative estimate of drug-likeness (QED) is 0.804. The van der Waals surface area contributed by atoms with Gasteiger partial charge in [0.1, 0.15) is 11.4 Å². The number of carbonyl (C=O) groups is 1. The Kier molecular flexibility index (Phi) is 4.79. The van der Waals surface area contributed by atoms with Crippen LogP contribution in [0.25, 0.3) is 0 Å². The van der Waals surface area contributed by atoms with Crippen molar-refractivity contribution in [3.05, 3.63) is 26.4 Å². The van der Waals surface area contributed by atoms with Gasteiger partial charge in [0.2, 0.25) is 0 Å². The van der Waals surface area contributed by atoms with E-state index in [0.717, 1.165) is 28.6 Å². The van der Waals surface area contributed by atoms with E-state index in [4.69, 9.17) is 5.73 Å². The number of hydrogen-bond donors (Lipinski definition) is 1. The molecular weight excluding hydrogens is 296 g/mol. The van der Waals surface area contributed by atoms with Crippen LogP contribution in [0.5, 0.6) is 0 Å². The molecule has 0 saturated carbocycles. The van der Waals surface area contributed by atoms with E-state index in [9.17, 15) is 14.4 Å². The Morgan fingerprint density at radius 1 is 1.13 bits per heavy atom. The summed E-state index contributed by atoms with van der Waals surface area (Å²) < 4.78 is 2.07. The molecule has 0 aliphatic carbocycles. The second kappa shape index (κ2) is 6.31. The Morgan fingerprint density at radius 3 is 2.17 bits per heavy atom. The summed E-state index contributed by atoms with van der Waals surface area (Å²) in [6, 6.07) is -0.437. The highest BCUT2D eigenvalue weighted by Gasteiger charge is 2.32. The largest absolute Gasteiger partial charge is 0.384 e. The van der Waals surface area contributed by atoms with Crippen molar-refractivity contribution < 1.29 is 4.79 Å². The average Bonchev–Trinajstić information content (AvgIpc) is 2.49. The lowest BCUT2D eigenvalue weighted by Gasteiger charge is -2.38. The van der Waals surface area contributed by atoms with Crippen molar-refractivity contribution >= 4 is 11.6 Å². The fourth-order valence-electron chi connectivity index (χ4n) is 3.49. The molecule has 0 aromatic carbocycles. The third-order valence-electron chi connectivity index (χ3n) is 4.78. The van der Waals surface area contributed by atoms with Crippen molar-refractivity contribution in [1.82, 2.24) is 14.0 Å². The molecule has 1 saturated heterocycles. The third kappa shape index (κ3) is 3.10. The smallest absolute Gasteiger partial charge is 0.332 e. The van der Waals surface area contributed by atoms with Gasteiger partial charge in [-0.3, -0.25) is 23.6 Å². The Hall–Kier alpha value is -1.89. The second-order valence-electron chi connectivity index (χ2n) is 6.91. The van der Waals surface area contributed by atoms with Crippen LogP contribution in [-0.2, 0) is 14.1 Å². The van der Waals surface area contributed by atoms with Gasteiger partial charge < -0.3 is 5.73 Å². The molecule has 1 aromatic rings. The van der Waals surface area contributed by atoms with E-state index < -0.39 is 17.3 Å². The lowest BCUT2D eigenvalue weighted by Crippen LogP contribution is -2.50. The Labute approximate surface area is 135 Å². The van der Waals surface area contributed by atoms with Crippen LogP contribution in [0.4, 0.5) is 5.82 Å². The average molecular weight is 322 g/mol. The van der Waals surface area contributed by atoms with Crippen molar-refractivity contribution in [3.63, 3.8) is 0 Å². The minimum absolute atomic E-state index is 0.0620. The van der Waals surface area contributed by atoms with Crippen LogP contribution in [0.15, 0.2) is 9.59 Å². The normalized spacial score (nSPS) is 23.7. The van der Waals surface area contributed by atoms with E-state index in [1.807, 2.05) is 0 Å². The SMILES string of the molecule is C[C@@H]1C[C@H](C)CN([C@H](C)C(=O)c2c(N)n(C)c(=O)n(C)c2=O)C1.